The van der Waals surface area contributed by atoms with Crippen LogP contribution in [0.1, 0.15) is 30.0 Å². The zero-order chi connectivity index (χ0) is 25.0. The second-order valence-corrected chi connectivity index (χ2v) is 7.74. The van der Waals surface area contributed by atoms with Crippen LogP contribution < -0.4 is 15.2 Å². The molecule has 1 amide bonds. The van der Waals surface area contributed by atoms with Gasteiger partial charge in [-0.1, -0.05) is 0 Å². The van der Waals surface area contributed by atoms with Crippen molar-refractivity contribution >= 4 is 5.91 Å². The van der Waals surface area contributed by atoms with E-state index >= 15 is 4.39 Å². The second-order valence-electron chi connectivity index (χ2n) is 7.74. The Kier molecular flexibility index (Phi) is 5.45. The Morgan fingerprint density at radius 2 is 1.94 bits per heavy atom. The third-order valence-corrected chi connectivity index (χ3v) is 5.35. The molecule has 2 aromatic carbocycles. The molecular formula is C21H16F6N4O3. The summed E-state index contributed by atoms with van der Waals surface area (Å²) in [4.78, 5) is 10.9. The summed E-state index contributed by atoms with van der Waals surface area (Å²) >= 11 is 0. The minimum Gasteiger partial charge on any atom is -0.484 e. The molecule has 0 saturated carbocycles. The Labute approximate surface area is 188 Å². The van der Waals surface area contributed by atoms with E-state index in [1.807, 2.05) is 0 Å². The van der Waals surface area contributed by atoms with E-state index in [0.29, 0.717) is 12.1 Å². The van der Waals surface area contributed by atoms with E-state index < -0.39 is 64.5 Å². The van der Waals surface area contributed by atoms with Crippen LogP contribution >= 0.6 is 0 Å². The number of amides is 1. The lowest BCUT2D eigenvalue weighted by Crippen LogP contribution is -2.33. The number of aromatic nitrogens is 3. The largest absolute Gasteiger partial charge is 0.484 e. The molecule has 1 aliphatic heterocycles. The highest BCUT2D eigenvalue weighted by Gasteiger charge is 2.52. The zero-order valence-corrected chi connectivity index (χ0v) is 17.6. The van der Waals surface area contributed by atoms with Crippen molar-refractivity contribution in [3.8, 4) is 22.9 Å². The van der Waals surface area contributed by atoms with E-state index in [-0.39, 0.29) is 17.4 Å². The highest BCUT2D eigenvalue weighted by molar-refractivity contribution is 5.75. The van der Waals surface area contributed by atoms with Crippen LogP contribution in [-0.2, 0) is 23.6 Å². The van der Waals surface area contributed by atoms with Gasteiger partial charge in [0, 0.05) is 24.2 Å². The number of carbonyl (C=O) groups excluding carboxylic acids is 1. The van der Waals surface area contributed by atoms with Gasteiger partial charge in [-0.2, -0.15) is 13.2 Å². The number of primary amides is 1. The highest BCUT2D eigenvalue weighted by atomic mass is 19.4. The van der Waals surface area contributed by atoms with Crippen molar-refractivity contribution in [3.05, 3.63) is 58.9 Å². The fourth-order valence-electron chi connectivity index (χ4n) is 3.79. The molecule has 0 fully saturated rings. The molecule has 3 aromatic rings. The van der Waals surface area contributed by atoms with Crippen LogP contribution in [0.5, 0.6) is 11.5 Å². The number of hydrogen-bond acceptors (Lipinski definition) is 5. The summed E-state index contributed by atoms with van der Waals surface area (Å²) in [5.74, 6) is -4.36. The molecule has 1 aromatic heterocycles. The van der Waals surface area contributed by atoms with Gasteiger partial charge in [0.05, 0.1) is 5.56 Å². The Morgan fingerprint density at radius 3 is 2.59 bits per heavy atom. The first kappa shape index (κ1) is 23.4. The monoisotopic (exact) mass is 486 g/mol. The molecule has 0 bridgehead atoms. The molecule has 2 unspecified atom stereocenters. The number of halogens is 6. The molecule has 1 aliphatic rings. The maximum absolute atomic E-state index is 15.3. The zero-order valence-electron chi connectivity index (χ0n) is 17.6. The quantitative estimate of drug-likeness (QED) is 0.552. The predicted octanol–water partition coefficient (Wildman–Crippen LogP) is 3.96. The summed E-state index contributed by atoms with van der Waals surface area (Å²) in [7, 11) is 1.28. The van der Waals surface area contributed by atoms with Crippen LogP contribution in [0.3, 0.4) is 0 Å². The smallest absolute Gasteiger partial charge is 0.417 e. The minimum atomic E-state index is -4.86. The number of ether oxygens (including phenoxy) is 2. The fraction of sp³-hybridized carbons (Fsp3) is 0.286. The molecule has 0 aliphatic carbocycles. The average Bonchev–Trinajstić information content (AvgIpc) is 3.25. The number of benzene rings is 2. The lowest BCUT2D eigenvalue weighted by atomic mass is 9.95. The van der Waals surface area contributed by atoms with Crippen molar-refractivity contribution in [2.24, 2.45) is 12.8 Å². The van der Waals surface area contributed by atoms with Gasteiger partial charge in [0.25, 0.3) is 5.91 Å². The van der Waals surface area contributed by atoms with Gasteiger partial charge < -0.3 is 19.8 Å². The van der Waals surface area contributed by atoms with Gasteiger partial charge in [0.2, 0.25) is 5.60 Å². The number of alkyl halides is 4. The second kappa shape index (κ2) is 7.92. The van der Waals surface area contributed by atoms with Gasteiger partial charge >= 0.3 is 6.18 Å². The summed E-state index contributed by atoms with van der Waals surface area (Å²) in [5.41, 5.74) is 0.965. The van der Waals surface area contributed by atoms with Crippen molar-refractivity contribution < 1.29 is 40.6 Å². The first-order chi connectivity index (χ1) is 15.8. The summed E-state index contributed by atoms with van der Waals surface area (Å²) in [6, 6.07) is 4.17. The Balaban J connectivity index is 1.77. The minimum absolute atomic E-state index is 0.256. The first-order valence-corrected chi connectivity index (χ1v) is 9.67. The van der Waals surface area contributed by atoms with E-state index in [4.69, 9.17) is 15.2 Å². The van der Waals surface area contributed by atoms with Crippen LogP contribution in [0.4, 0.5) is 26.3 Å². The normalized spacial score (nSPS) is 19.6. The lowest BCUT2D eigenvalue weighted by molar-refractivity contribution is -0.137. The summed E-state index contributed by atoms with van der Waals surface area (Å²) < 4.78 is 95.9. The van der Waals surface area contributed by atoms with Crippen molar-refractivity contribution in [1.29, 1.82) is 0 Å². The van der Waals surface area contributed by atoms with E-state index in [1.54, 1.807) is 0 Å². The van der Waals surface area contributed by atoms with E-state index in [0.717, 1.165) is 16.7 Å². The molecule has 34 heavy (non-hydrogen) atoms. The van der Waals surface area contributed by atoms with Gasteiger partial charge in [0.1, 0.15) is 11.6 Å². The standard InChI is InChI=1S/C21H16F6N4O3/c1-20(17(24)12-5-9(22)6-14(23)16(12)34-20)19-30-29-18(31(19)2)11-4-3-10(33-8-15(28)32)7-13(11)21(25,26)27/h3-7,17H,8H2,1-2H3,(H2,28,32). The fourth-order valence-corrected chi connectivity index (χ4v) is 3.79. The summed E-state index contributed by atoms with van der Waals surface area (Å²) in [6.07, 6.45) is -6.95. The molecule has 2 N–H and O–H groups in total. The van der Waals surface area contributed by atoms with Crippen molar-refractivity contribution in [1.82, 2.24) is 14.8 Å². The van der Waals surface area contributed by atoms with Gasteiger partial charge in [-0.25, -0.2) is 13.2 Å². The van der Waals surface area contributed by atoms with E-state index in [2.05, 4.69) is 10.2 Å². The maximum Gasteiger partial charge on any atom is 0.417 e. The Bertz CT molecular complexity index is 1290. The van der Waals surface area contributed by atoms with Crippen LogP contribution in [-0.4, -0.2) is 27.3 Å². The van der Waals surface area contributed by atoms with Crippen LogP contribution in [0, 0.1) is 11.6 Å². The average molecular weight is 486 g/mol. The van der Waals surface area contributed by atoms with Gasteiger partial charge in [-0.3, -0.25) is 4.79 Å². The molecule has 7 nitrogen and oxygen atoms in total. The third-order valence-electron chi connectivity index (χ3n) is 5.35. The number of fused-ring (bicyclic) bond motifs is 1. The predicted molar refractivity (Wildman–Crippen MR) is 104 cm³/mol. The van der Waals surface area contributed by atoms with Crippen molar-refractivity contribution in [2.75, 3.05) is 6.61 Å². The molecule has 2 heterocycles. The number of carbonyl (C=O) groups is 1. The SMILES string of the molecule is Cn1c(-c2ccc(OCC(N)=O)cc2C(F)(F)F)nnc1C1(C)Oc2c(F)cc(F)cc2C1F. The van der Waals surface area contributed by atoms with Gasteiger partial charge in [-0.15, -0.1) is 10.2 Å². The number of nitrogens with two attached hydrogens (primary N) is 1. The summed E-state index contributed by atoms with van der Waals surface area (Å²) in [6.45, 7) is 0.574. The molecule has 0 spiro atoms. The third kappa shape index (κ3) is 3.80. The molecule has 0 saturated heterocycles. The Morgan fingerprint density at radius 1 is 1.24 bits per heavy atom. The summed E-state index contributed by atoms with van der Waals surface area (Å²) in [5, 5.41) is 7.58. The molecule has 0 radical (unpaired) electrons. The molecular weight excluding hydrogens is 470 g/mol. The van der Waals surface area contributed by atoms with Crippen molar-refractivity contribution in [2.45, 2.75) is 24.9 Å². The Hall–Kier alpha value is -3.77. The van der Waals surface area contributed by atoms with E-state index in [1.165, 1.54) is 20.0 Å². The number of hydrogen-bond donors (Lipinski definition) is 1. The van der Waals surface area contributed by atoms with Gasteiger partial charge in [-0.05, 0) is 31.2 Å². The number of rotatable bonds is 5. The molecule has 13 heteroatoms. The lowest BCUT2D eigenvalue weighted by Gasteiger charge is -2.25. The highest BCUT2D eigenvalue weighted by Crippen LogP contribution is 2.52. The van der Waals surface area contributed by atoms with E-state index in [9.17, 15) is 26.7 Å². The van der Waals surface area contributed by atoms with Crippen molar-refractivity contribution in [3.63, 3.8) is 0 Å². The molecule has 4 rings (SSSR count). The first-order valence-electron chi connectivity index (χ1n) is 9.67. The number of nitrogens with zero attached hydrogens (tertiary/aromatic N) is 3. The molecule has 180 valence electrons. The topological polar surface area (TPSA) is 92.3 Å². The van der Waals surface area contributed by atoms with Crippen LogP contribution in [0.2, 0.25) is 0 Å². The maximum atomic E-state index is 15.3. The van der Waals surface area contributed by atoms with Crippen LogP contribution in [0.25, 0.3) is 11.4 Å². The van der Waals surface area contributed by atoms with Gasteiger partial charge in [0.15, 0.2) is 36.0 Å². The molecule has 2 atom stereocenters. The van der Waals surface area contributed by atoms with Crippen LogP contribution in [0.15, 0.2) is 30.3 Å².